The van der Waals surface area contributed by atoms with E-state index in [9.17, 15) is 9.90 Å². The maximum Gasteiger partial charge on any atom is 0.412 e. The number of ether oxygens (including phenoxy) is 2. The third-order valence-corrected chi connectivity index (χ3v) is 2.96. The molecule has 0 saturated carbocycles. The van der Waals surface area contributed by atoms with Crippen molar-refractivity contribution in [2.75, 3.05) is 6.61 Å². The molecule has 0 aromatic rings. The van der Waals surface area contributed by atoms with Crippen LogP contribution < -0.4 is 0 Å². The van der Waals surface area contributed by atoms with Gasteiger partial charge < -0.3 is 14.6 Å². The Kier molecular flexibility index (Phi) is 4.63. The van der Waals surface area contributed by atoms with Crippen molar-refractivity contribution in [3.63, 3.8) is 0 Å². The molecule has 0 aromatic carbocycles. The first-order valence-electron chi connectivity index (χ1n) is 6.54. The SMILES string of the molecule is C=CC[C@H](O)C1COC(C)(C)N1C(=O)OC(C)(C)C. The molecule has 0 radical (unpaired) electrons. The van der Waals surface area contributed by atoms with Crippen LogP contribution in [0.3, 0.4) is 0 Å². The van der Waals surface area contributed by atoms with E-state index in [2.05, 4.69) is 6.58 Å². The Labute approximate surface area is 115 Å². The third-order valence-electron chi connectivity index (χ3n) is 2.96. The molecule has 0 aromatic heterocycles. The Bertz CT molecular complexity index is 346. The molecule has 0 spiro atoms. The third kappa shape index (κ3) is 3.94. The van der Waals surface area contributed by atoms with Gasteiger partial charge in [0.05, 0.1) is 18.8 Å². The maximum atomic E-state index is 12.3. The number of amides is 1. The molecule has 1 rings (SSSR count). The van der Waals surface area contributed by atoms with E-state index in [0.717, 1.165) is 0 Å². The van der Waals surface area contributed by atoms with E-state index >= 15 is 0 Å². The first kappa shape index (κ1) is 16.0. The van der Waals surface area contributed by atoms with Crippen molar-refractivity contribution in [1.82, 2.24) is 4.90 Å². The highest BCUT2D eigenvalue weighted by Crippen LogP contribution is 2.31. The average Bonchev–Trinajstić information content (AvgIpc) is 2.51. The molecule has 19 heavy (non-hydrogen) atoms. The Balaban J connectivity index is 2.89. The van der Waals surface area contributed by atoms with Crippen molar-refractivity contribution in [3.8, 4) is 0 Å². The molecule has 1 unspecified atom stereocenters. The summed E-state index contributed by atoms with van der Waals surface area (Å²) in [6.07, 6.45) is 0.863. The van der Waals surface area contributed by atoms with Crippen LogP contribution in [0.2, 0.25) is 0 Å². The highest BCUT2D eigenvalue weighted by Gasteiger charge is 2.47. The van der Waals surface area contributed by atoms with Gasteiger partial charge in [0.1, 0.15) is 11.3 Å². The second-order valence-electron chi connectivity index (χ2n) is 6.27. The lowest BCUT2D eigenvalue weighted by Crippen LogP contribution is -2.53. The van der Waals surface area contributed by atoms with E-state index in [1.165, 1.54) is 4.90 Å². The van der Waals surface area contributed by atoms with Crippen LogP contribution in [0.15, 0.2) is 12.7 Å². The van der Waals surface area contributed by atoms with Gasteiger partial charge in [0.25, 0.3) is 0 Å². The normalized spacial score (nSPS) is 24.1. The molecule has 5 nitrogen and oxygen atoms in total. The monoisotopic (exact) mass is 271 g/mol. The van der Waals surface area contributed by atoms with Crippen LogP contribution in [0.25, 0.3) is 0 Å². The van der Waals surface area contributed by atoms with Crippen LogP contribution >= 0.6 is 0 Å². The zero-order valence-electron chi connectivity index (χ0n) is 12.5. The summed E-state index contributed by atoms with van der Waals surface area (Å²) in [6.45, 7) is 12.9. The van der Waals surface area contributed by atoms with Crippen LogP contribution in [0, 0.1) is 0 Å². The summed E-state index contributed by atoms with van der Waals surface area (Å²) in [4.78, 5) is 13.8. The summed E-state index contributed by atoms with van der Waals surface area (Å²) in [6, 6.07) is -0.414. The molecule has 110 valence electrons. The molecule has 1 N–H and O–H groups in total. The number of rotatable bonds is 3. The average molecular weight is 271 g/mol. The number of nitrogens with zero attached hydrogens (tertiary/aromatic N) is 1. The Morgan fingerprint density at radius 1 is 1.63 bits per heavy atom. The number of aliphatic hydroxyl groups excluding tert-OH is 1. The second-order valence-corrected chi connectivity index (χ2v) is 6.27. The van der Waals surface area contributed by atoms with Gasteiger partial charge in [0, 0.05) is 0 Å². The second kappa shape index (κ2) is 5.51. The topological polar surface area (TPSA) is 59.0 Å². The van der Waals surface area contributed by atoms with Gasteiger partial charge in [-0.2, -0.15) is 0 Å². The molecule has 1 saturated heterocycles. The molecule has 0 aliphatic carbocycles. The fourth-order valence-corrected chi connectivity index (χ4v) is 2.11. The quantitative estimate of drug-likeness (QED) is 0.800. The largest absolute Gasteiger partial charge is 0.444 e. The number of hydrogen-bond acceptors (Lipinski definition) is 4. The molecule has 1 heterocycles. The van der Waals surface area contributed by atoms with Crippen LogP contribution in [-0.2, 0) is 9.47 Å². The Hall–Kier alpha value is -1.07. The fourth-order valence-electron chi connectivity index (χ4n) is 2.11. The van der Waals surface area contributed by atoms with Crippen LogP contribution in [0.4, 0.5) is 4.79 Å². The smallest absolute Gasteiger partial charge is 0.412 e. The van der Waals surface area contributed by atoms with Gasteiger partial charge in [0.15, 0.2) is 0 Å². The lowest BCUT2D eigenvalue weighted by atomic mass is 10.1. The highest BCUT2D eigenvalue weighted by atomic mass is 16.6. The molecule has 5 heteroatoms. The number of carbonyl (C=O) groups excluding carboxylic acids is 1. The summed E-state index contributed by atoms with van der Waals surface area (Å²) in [5.74, 6) is 0. The van der Waals surface area contributed by atoms with E-state index in [-0.39, 0.29) is 0 Å². The number of aliphatic hydroxyl groups is 1. The standard InChI is InChI=1S/C14H25NO4/c1-7-8-11(16)10-9-18-14(5,6)15(10)12(17)19-13(2,3)4/h7,10-11,16H,1,8-9H2,2-6H3/t10?,11-/m0/s1. The van der Waals surface area contributed by atoms with Crippen molar-refractivity contribution in [2.24, 2.45) is 0 Å². The van der Waals surface area contributed by atoms with E-state index in [4.69, 9.17) is 9.47 Å². The molecule has 1 aliphatic heterocycles. The molecular weight excluding hydrogens is 246 g/mol. The first-order valence-corrected chi connectivity index (χ1v) is 6.54. The van der Waals surface area contributed by atoms with E-state index < -0.39 is 29.6 Å². The summed E-state index contributed by atoms with van der Waals surface area (Å²) >= 11 is 0. The van der Waals surface area contributed by atoms with Crippen LogP contribution in [0.1, 0.15) is 41.0 Å². The number of hydrogen-bond donors (Lipinski definition) is 1. The van der Waals surface area contributed by atoms with Gasteiger partial charge in [-0.3, -0.25) is 4.90 Å². The summed E-state index contributed by atoms with van der Waals surface area (Å²) in [5, 5.41) is 10.1. The molecular formula is C14H25NO4. The molecule has 1 fully saturated rings. The summed E-state index contributed by atoms with van der Waals surface area (Å²) in [7, 11) is 0. The van der Waals surface area contributed by atoms with E-state index in [0.29, 0.717) is 13.0 Å². The molecule has 0 bridgehead atoms. The van der Waals surface area contributed by atoms with Gasteiger partial charge in [-0.25, -0.2) is 4.79 Å². The minimum atomic E-state index is -0.783. The van der Waals surface area contributed by atoms with Gasteiger partial charge in [-0.15, -0.1) is 6.58 Å². The number of carbonyl (C=O) groups is 1. The lowest BCUT2D eigenvalue weighted by Gasteiger charge is -2.36. The summed E-state index contributed by atoms with van der Waals surface area (Å²) < 4.78 is 11.0. The molecule has 1 aliphatic rings. The minimum Gasteiger partial charge on any atom is -0.444 e. The van der Waals surface area contributed by atoms with Gasteiger partial charge in [-0.1, -0.05) is 6.08 Å². The fraction of sp³-hybridized carbons (Fsp3) is 0.786. The summed E-state index contributed by atoms with van der Waals surface area (Å²) in [5.41, 5.74) is -1.36. The molecule has 2 atom stereocenters. The molecule has 1 amide bonds. The van der Waals surface area contributed by atoms with Crippen molar-refractivity contribution < 1.29 is 19.4 Å². The van der Waals surface area contributed by atoms with Crippen LogP contribution in [0.5, 0.6) is 0 Å². The van der Waals surface area contributed by atoms with Crippen molar-refractivity contribution in [2.45, 2.75) is 64.5 Å². The first-order chi connectivity index (χ1) is 8.58. The predicted octanol–water partition coefficient (Wildman–Crippen LogP) is 2.30. The zero-order chi connectivity index (χ0) is 14.8. The highest BCUT2D eigenvalue weighted by molar-refractivity contribution is 5.69. The zero-order valence-corrected chi connectivity index (χ0v) is 12.5. The van der Waals surface area contributed by atoms with Gasteiger partial charge in [-0.05, 0) is 41.0 Å². The van der Waals surface area contributed by atoms with Crippen molar-refractivity contribution in [3.05, 3.63) is 12.7 Å². The van der Waals surface area contributed by atoms with Crippen LogP contribution in [-0.4, -0.2) is 46.2 Å². The van der Waals surface area contributed by atoms with E-state index in [1.54, 1.807) is 19.9 Å². The Morgan fingerprint density at radius 2 is 2.21 bits per heavy atom. The predicted molar refractivity (Wildman–Crippen MR) is 72.7 cm³/mol. The van der Waals surface area contributed by atoms with Crippen molar-refractivity contribution >= 4 is 6.09 Å². The van der Waals surface area contributed by atoms with E-state index in [1.807, 2.05) is 20.8 Å². The minimum absolute atomic E-state index is 0.293. The maximum absolute atomic E-state index is 12.3. The van der Waals surface area contributed by atoms with Gasteiger partial charge >= 0.3 is 6.09 Å². The van der Waals surface area contributed by atoms with Crippen molar-refractivity contribution in [1.29, 1.82) is 0 Å². The lowest BCUT2D eigenvalue weighted by molar-refractivity contribution is -0.0676. The van der Waals surface area contributed by atoms with Gasteiger partial charge in [0.2, 0.25) is 0 Å². The Morgan fingerprint density at radius 3 is 2.68 bits per heavy atom.